The fourth-order valence-corrected chi connectivity index (χ4v) is 7.90. The van der Waals surface area contributed by atoms with Crippen LogP contribution in [0.2, 0.25) is 0 Å². The van der Waals surface area contributed by atoms with Crippen LogP contribution in [0.25, 0.3) is 54.2 Å². The molecule has 0 unspecified atom stereocenters. The van der Waals surface area contributed by atoms with E-state index in [0.717, 1.165) is 12.8 Å². The van der Waals surface area contributed by atoms with Gasteiger partial charge < -0.3 is 49.6 Å². The van der Waals surface area contributed by atoms with Gasteiger partial charge in [-0.3, -0.25) is 0 Å². The Bertz CT molecular complexity index is 2010. The Kier molecular flexibility index (Phi) is 16.1. The van der Waals surface area contributed by atoms with Crippen LogP contribution in [-0.4, -0.2) is 6.41 Å². The van der Waals surface area contributed by atoms with Crippen LogP contribution in [0.3, 0.4) is 0 Å². The fraction of sp³-hybridized carbons (Fsp3) is 0.143. The Hall–Kier alpha value is -1.75. The Morgan fingerprint density at radius 2 is 0.812 bits per heavy atom. The Morgan fingerprint density at radius 1 is 0.438 bits per heavy atom. The zero-order valence-electron chi connectivity index (χ0n) is 26.5. The molecule has 0 saturated heterocycles. The van der Waals surface area contributed by atoms with E-state index >= 15 is 0 Å². The number of hydrogen-bond donors (Lipinski definition) is 0. The summed E-state index contributed by atoms with van der Waals surface area (Å²) in [6, 6.07) is 35.2. The van der Waals surface area contributed by atoms with Gasteiger partial charge in [-0.2, -0.15) is 0 Å². The average molecular weight is 863 g/mol. The van der Waals surface area contributed by atoms with Crippen molar-refractivity contribution in [3.63, 3.8) is 0 Å². The van der Waals surface area contributed by atoms with E-state index in [0.29, 0.717) is 0 Å². The van der Waals surface area contributed by atoms with Crippen molar-refractivity contribution in [1.29, 1.82) is 0 Å². The first-order valence-corrected chi connectivity index (χ1v) is 18.1. The molecule has 0 spiro atoms. The molecule has 0 atom stereocenters. The van der Waals surface area contributed by atoms with Crippen molar-refractivity contribution in [2.45, 2.75) is 38.5 Å². The summed E-state index contributed by atoms with van der Waals surface area (Å²) in [5.74, 6) is 0. The minimum atomic E-state index is 0. The predicted molar refractivity (Wildman–Crippen MR) is 186 cm³/mol. The zero-order valence-corrected chi connectivity index (χ0v) is 34.4. The first kappa shape index (κ1) is 40.7. The molecule has 48 heavy (non-hydrogen) atoms. The summed E-state index contributed by atoms with van der Waals surface area (Å²) in [5, 5.41) is 10.9. The molecule has 3 aliphatic rings. The molecule has 6 heteroatoms. The third-order valence-electron chi connectivity index (χ3n) is 9.01. The van der Waals surface area contributed by atoms with Crippen molar-refractivity contribution in [3.05, 3.63) is 145 Å². The maximum absolute atomic E-state index is 2.32. The van der Waals surface area contributed by atoms with E-state index < -0.39 is 0 Å². The monoisotopic (exact) mass is 858 g/mol. The Labute approximate surface area is 338 Å². The number of rotatable bonds is 2. The summed E-state index contributed by atoms with van der Waals surface area (Å²) in [6.07, 6.45) is 21.0. The van der Waals surface area contributed by atoms with Crippen LogP contribution in [0, 0.1) is 0 Å². The molecule has 6 aromatic carbocycles. The van der Waals surface area contributed by atoms with Gasteiger partial charge in [-0.1, -0.05) is 132 Å². The molecule has 240 valence electrons. The number of halogens is 4. The molecule has 0 aliphatic heterocycles. The summed E-state index contributed by atoms with van der Waals surface area (Å²) >= 11 is 3.36. The van der Waals surface area contributed by atoms with Crippen molar-refractivity contribution in [1.82, 2.24) is 0 Å². The van der Waals surface area contributed by atoms with Gasteiger partial charge in [-0.15, -0.1) is 67.4 Å². The topological polar surface area (TPSA) is 0 Å². The van der Waals surface area contributed by atoms with Gasteiger partial charge in [0.2, 0.25) is 0 Å². The van der Waals surface area contributed by atoms with Gasteiger partial charge in [-0.25, -0.2) is 0 Å². The molecule has 0 N–H and O–H groups in total. The second-order valence-corrected chi connectivity index (χ2v) is 15.3. The molecule has 0 radical (unpaired) electrons. The molecule has 0 nitrogen and oxygen atoms in total. The summed E-state index contributed by atoms with van der Waals surface area (Å²) in [7, 11) is 0. The summed E-state index contributed by atoms with van der Waals surface area (Å²) < 4.78 is 3.59. The summed E-state index contributed by atoms with van der Waals surface area (Å²) in [6.45, 7) is 0. The van der Waals surface area contributed by atoms with Crippen molar-refractivity contribution in [2.24, 2.45) is 0 Å². The second kappa shape index (κ2) is 19.0. The molecule has 0 bridgehead atoms. The molecule has 3 aliphatic carbocycles. The van der Waals surface area contributed by atoms with Crippen LogP contribution >= 0.6 is 0 Å². The standard InChI is InChI=1S/2C18H13.C6H8.4ClH.2Zr/c2*1-2-7-13(6-1)15-10-5-11-17-16-9-4-3-8-14(16)12-18(15)17;1-2-4-6-5-3-1;;;;;;/h2*1-6,8-12H,7H2;1-2,5-6H2;4*1H;;/q2*-1;;;;;;2*+2/p-4. The fourth-order valence-electron chi connectivity index (χ4n) is 6.67. The SMILES string of the molecule is C1=CCC(c2cccc3c2[cH-]c2ccccc23)=C1.C1=CCC(c2cccc3c2[cH-]c2ccccc23)=C1.[Cl-].[Cl-].[Cl-].[Cl-].[Zr+2]=[C]1CC[C](=[Zr+2])CC1. The van der Waals surface area contributed by atoms with Gasteiger partial charge in [0, 0.05) is 0 Å². The molecule has 6 aromatic rings. The van der Waals surface area contributed by atoms with E-state index in [2.05, 4.69) is 134 Å². The van der Waals surface area contributed by atoms with Crippen LogP contribution < -0.4 is 49.6 Å². The van der Waals surface area contributed by atoms with Crippen LogP contribution in [-0.2, 0) is 48.5 Å². The van der Waals surface area contributed by atoms with E-state index in [9.17, 15) is 0 Å². The molecular formula is C42H34Cl4Zr2-2. The quantitative estimate of drug-likeness (QED) is 0.199. The zero-order chi connectivity index (χ0) is 29.9. The number of allylic oxidation sites excluding steroid dienone is 8. The normalized spacial score (nSPS) is 14.6. The van der Waals surface area contributed by atoms with Crippen LogP contribution in [0.5, 0.6) is 0 Å². The van der Waals surface area contributed by atoms with Crippen LogP contribution in [0.4, 0.5) is 0 Å². The van der Waals surface area contributed by atoms with Gasteiger partial charge >= 0.3 is 80.6 Å². The van der Waals surface area contributed by atoms with Gasteiger partial charge in [0.1, 0.15) is 0 Å². The molecule has 0 heterocycles. The van der Waals surface area contributed by atoms with E-state index in [1.165, 1.54) is 91.0 Å². The maximum atomic E-state index is 2.32. The van der Waals surface area contributed by atoms with Crippen LogP contribution in [0.15, 0.2) is 134 Å². The molecule has 0 aromatic heterocycles. The van der Waals surface area contributed by atoms with Crippen molar-refractivity contribution in [3.8, 4) is 0 Å². The Morgan fingerprint density at radius 3 is 1.19 bits per heavy atom. The second-order valence-electron chi connectivity index (χ2n) is 11.9. The van der Waals surface area contributed by atoms with E-state index in [4.69, 9.17) is 0 Å². The molecule has 1 fully saturated rings. The molecule has 0 amide bonds. The first-order chi connectivity index (χ1) is 21.7. The van der Waals surface area contributed by atoms with Crippen molar-refractivity contribution in [2.75, 3.05) is 0 Å². The predicted octanol–water partition coefficient (Wildman–Crippen LogP) is -0.875. The van der Waals surface area contributed by atoms with Crippen LogP contribution in [0.1, 0.15) is 49.7 Å². The van der Waals surface area contributed by atoms with Gasteiger partial charge in [0.25, 0.3) is 0 Å². The number of fused-ring (bicyclic) bond motifs is 6. The van der Waals surface area contributed by atoms with E-state index in [1.807, 2.05) is 0 Å². The third-order valence-corrected chi connectivity index (χ3v) is 11.5. The third kappa shape index (κ3) is 8.93. The Balaban J connectivity index is 0.000000200. The van der Waals surface area contributed by atoms with E-state index in [1.54, 1.807) is 54.9 Å². The van der Waals surface area contributed by atoms with Crippen molar-refractivity contribution >= 4 is 60.6 Å². The number of hydrogen-bond acceptors (Lipinski definition) is 0. The first-order valence-electron chi connectivity index (χ1n) is 15.6. The van der Waals surface area contributed by atoms with E-state index in [-0.39, 0.29) is 49.6 Å². The number of benzene rings is 4. The van der Waals surface area contributed by atoms with Crippen molar-refractivity contribution < 1.29 is 98.1 Å². The molecule has 9 rings (SSSR count). The van der Waals surface area contributed by atoms with Gasteiger partial charge in [0.05, 0.1) is 0 Å². The average Bonchev–Trinajstić information content (AvgIpc) is 3.88. The van der Waals surface area contributed by atoms with Gasteiger partial charge in [-0.05, 0) is 12.8 Å². The molecular weight excluding hydrogens is 829 g/mol. The summed E-state index contributed by atoms with van der Waals surface area (Å²) in [5.41, 5.74) is 5.62. The minimum absolute atomic E-state index is 0. The molecule has 1 saturated carbocycles. The van der Waals surface area contributed by atoms with Gasteiger partial charge in [0.15, 0.2) is 0 Å². The summed E-state index contributed by atoms with van der Waals surface area (Å²) in [4.78, 5) is 0.